The second kappa shape index (κ2) is 5.42. The second-order valence-electron chi connectivity index (χ2n) is 4.87. The Hall–Kier alpha value is -0.210. The van der Waals surface area contributed by atoms with Gasteiger partial charge in [-0.3, -0.25) is 0 Å². The molecule has 0 aliphatic carbocycles. The molecule has 3 heterocycles. The minimum atomic E-state index is -1.84. The molecule has 0 spiro atoms. The summed E-state index contributed by atoms with van der Waals surface area (Å²) >= 11 is -1.84. The first-order valence-electron chi connectivity index (χ1n) is 6.36. The van der Waals surface area contributed by atoms with Gasteiger partial charge in [0.05, 0.1) is 0 Å². The number of hydrogen-bond donors (Lipinski definition) is 0. The summed E-state index contributed by atoms with van der Waals surface area (Å²) < 4.78 is 17.6. The van der Waals surface area contributed by atoms with Crippen molar-refractivity contribution in [3.8, 4) is 0 Å². The van der Waals surface area contributed by atoms with Crippen LogP contribution in [0, 0.1) is 5.92 Å². The van der Waals surface area contributed by atoms with Gasteiger partial charge in [-0.2, -0.15) is 0 Å². The van der Waals surface area contributed by atoms with E-state index >= 15 is 0 Å². The molecule has 0 aromatic heterocycles. The molecule has 3 saturated heterocycles. The van der Waals surface area contributed by atoms with Gasteiger partial charge in [-0.05, 0) is 0 Å². The van der Waals surface area contributed by atoms with Gasteiger partial charge in [-0.25, -0.2) is 0 Å². The van der Waals surface area contributed by atoms with Gasteiger partial charge in [0.15, 0.2) is 0 Å². The van der Waals surface area contributed by atoms with Crippen LogP contribution in [0.15, 0.2) is 0 Å². The van der Waals surface area contributed by atoms with E-state index in [2.05, 4.69) is 0 Å². The summed E-state index contributed by atoms with van der Waals surface area (Å²) in [6.07, 6.45) is 4.32. The zero-order chi connectivity index (χ0) is 12.5. The number of carbonyl (C=O) groups excluding carboxylic acids is 2. The van der Waals surface area contributed by atoms with E-state index in [9.17, 15) is 9.59 Å². The molecule has 4 atom stereocenters. The van der Waals surface area contributed by atoms with Crippen molar-refractivity contribution in [1.82, 2.24) is 0 Å². The SMILES string of the molecule is O=C[C@@H]1C2CC(=O)O[C@H]2CI1OC1CCCCO1. The van der Waals surface area contributed by atoms with Crippen molar-refractivity contribution in [2.45, 2.75) is 42.0 Å². The number of rotatable bonds is 3. The van der Waals surface area contributed by atoms with Crippen LogP contribution in [0.2, 0.25) is 0 Å². The monoisotopic (exact) mass is 368 g/mol. The van der Waals surface area contributed by atoms with Crippen LogP contribution in [-0.2, 0) is 22.1 Å². The Bertz CT molecular complexity index is 341. The Morgan fingerprint density at radius 1 is 1.39 bits per heavy atom. The molecule has 0 saturated carbocycles. The third-order valence-corrected chi connectivity index (χ3v) is 9.42. The molecule has 3 fully saturated rings. The second-order valence-corrected chi connectivity index (χ2v) is 9.71. The van der Waals surface area contributed by atoms with Crippen LogP contribution in [0.5, 0.6) is 0 Å². The number of esters is 1. The van der Waals surface area contributed by atoms with Crippen molar-refractivity contribution in [2.75, 3.05) is 11.0 Å². The first-order valence-corrected chi connectivity index (χ1v) is 10.0. The summed E-state index contributed by atoms with van der Waals surface area (Å²) in [7, 11) is 0. The number of carbonyl (C=O) groups is 2. The quantitative estimate of drug-likeness (QED) is 0.327. The van der Waals surface area contributed by atoms with Crippen LogP contribution in [0.4, 0.5) is 0 Å². The summed E-state index contributed by atoms with van der Waals surface area (Å²) in [5.41, 5.74) is 0. The van der Waals surface area contributed by atoms with E-state index < -0.39 is 20.2 Å². The minimum absolute atomic E-state index is 0.0681. The Kier molecular flexibility index (Phi) is 3.86. The number of fused-ring (bicyclic) bond motifs is 1. The maximum atomic E-state index is 11.3. The average Bonchev–Trinajstić information content (AvgIpc) is 2.85. The fourth-order valence-electron chi connectivity index (χ4n) is 2.69. The van der Waals surface area contributed by atoms with Crippen LogP contribution in [-0.4, -0.2) is 39.6 Å². The summed E-state index contributed by atoms with van der Waals surface area (Å²) in [5, 5.41) is 0. The molecule has 0 bridgehead atoms. The maximum absolute atomic E-state index is 11.3. The zero-order valence-corrected chi connectivity index (χ0v) is 12.2. The van der Waals surface area contributed by atoms with E-state index in [1.165, 1.54) is 0 Å². The molecule has 0 N–H and O–H groups in total. The van der Waals surface area contributed by atoms with E-state index in [1.807, 2.05) is 0 Å². The summed E-state index contributed by atoms with van der Waals surface area (Å²) in [6.45, 7) is 0.752. The number of ether oxygens (including phenoxy) is 2. The first kappa shape index (κ1) is 12.8. The van der Waals surface area contributed by atoms with Crippen LogP contribution in [0.25, 0.3) is 0 Å². The van der Waals surface area contributed by atoms with Crippen LogP contribution in [0.3, 0.4) is 0 Å². The van der Waals surface area contributed by atoms with Crippen molar-refractivity contribution >= 4 is 32.5 Å². The molecule has 5 nitrogen and oxygen atoms in total. The predicted octanol–water partition coefficient (Wildman–Crippen LogP) is 1.46. The molecule has 0 radical (unpaired) electrons. The molecule has 3 aliphatic heterocycles. The molecule has 102 valence electrons. The Morgan fingerprint density at radius 2 is 2.28 bits per heavy atom. The zero-order valence-electron chi connectivity index (χ0n) is 10.0. The van der Waals surface area contributed by atoms with Crippen molar-refractivity contribution in [1.29, 1.82) is 0 Å². The normalized spacial score (nSPS) is 41.6. The van der Waals surface area contributed by atoms with E-state index in [1.54, 1.807) is 0 Å². The van der Waals surface area contributed by atoms with Crippen LogP contribution >= 0.6 is 20.2 Å². The molecule has 0 aromatic carbocycles. The van der Waals surface area contributed by atoms with Crippen LogP contribution in [0.1, 0.15) is 25.7 Å². The molecule has 3 rings (SSSR count). The summed E-state index contributed by atoms with van der Waals surface area (Å²) in [4.78, 5) is 22.5. The van der Waals surface area contributed by atoms with Gasteiger partial charge in [0.25, 0.3) is 0 Å². The average molecular weight is 368 g/mol. The van der Waals surface area contributed by atoms with Crippen LogP contribution < -0.4 is 0 Å². The third-order valence-electron chi connectivity index (χ3n) is 3.64. The van der Waals surface area contributed by atoms with Gasteiger partial charge in [-0.1, -0.05) is 0 Å². The van der Waals surface area contributed by atoms with Crippen molar-refractivity contribution < 1.29 is 22.1 Å². The number of hydrogen-bond acceptors (Lipinski definition) is 5. The van der Waals surface area contributed by atoms with E-state index in [-0.39, 0.29) is 28.2 Å². The van der Waals surface area contributed by atoms with Crippen molar-refractivity contribution in [3.63, 3.8) is 0 Å². The third kappa shape index (κ3) is 2.42. The summed E-state index contributed by atoms with van der Waals surface area (Å²) in [5.74, 6) is -0.0925. The predicted molar refractivity (Wildman–Crippen MR) is 71.4 cm³/mol. The number of aldehydes is 1. The van der Waals surface area contributed by atoms with Crippen molar-refractivity contribution in [3.05, 3.63) is 0 Å². The van der Waals surface area contributed by atoms with E-state index in [0.717, 1.165) is 36.6 Å². The number of halogens is 1. The Balaban J connectivity index is 1.62. The first-order chi connectivity index (χ1) is 8.78. The topological polar surface area (TPSA) is 61.8 Å². The number of alkyl halides is 2. The molecule has 2 unspecified atom stereocenters. The molecule has 3 aliphatic rings. The molecular formula is C12H17IO5. The van der Waals surface area contributed by atoms with Crippen molar-refractivity contribution in [2.24, 2.45) is 5.92 Å². The molecule has 6 heteroatoms. The molecule has 0 amide bonds. The van der Waals surface area contributed by atoms with Gasteiger partial charge in [0.2, 0.25) is 0 Å². The Morgan fingerprint density at radius 3 is 3.00 bits per heavy atom. The molecular weight excluding hydrogens is 351 g/mol. The van der Waals surface area contributed by atoms with E-state index in [0.29, 0.717) is 6.42 Å². The van der Waals surface area contributed by atoms with Gasteiger partial charge in [0.1, 0.15) is 0 Å². The summed E-state index contributed by atoms with van der Waals surface area (Å²) in [6, 6.07) is 0. The standard InChI is InChI=1S/C12H17IO5/c14-7-9-8-5-11(15)17-10(8)6-13(9)18-12-3-1-2-4-16-12/h7-10,12H,1-6H2/t8?,9-,10+,12?/m1/s1. The van der Waals surface area contributed by atoms with Gasteiger partial charge < -0.3 is 0 Å². The van der Waals surface area contributed by atoms with Gasteiger partial charge in [0, 0.05) is 0 Å². The van der Waals surface area contributed by atoms with Gasteiger partial charge in [-0.15, -0.1) is 0 Å². The molecule has 18 heavy (non-hydrogen) atoms. The van der Waals surface area contributed by atoms with Gasteiger partial charge >= 0.3 is 114 Å². The fourth-order valence-corrected chi connectivity index (χ4v) is 8.72. The fraction of sp³-hybridized carbons (Fsp3) is 0.833. The van der Waals surface area contributed by atoms with E-state index in [4.69, 9.17) is 12.5 Å². The molecule has 0 aromatic rings. The Labute approximate surface area is 113 Å².